The van der Waals surface area contributed by atoms with E-state index < -0.39 is 6.03 Å². The standard InChI is InChI=1S/C15H13N3OS3/c16-15(19)18-17-10-5-6-20-13-9(10)7-21-12-8-3-1-2-4-11(8)22-14(12)13/h1-4H,5-7H2,(H3,16,18,19)/b17-10-. The highest BCUT2D eigenvalue weighted by Crippen LogP contribution is 2.52. The Labute approximate surface area is 140 Å². The van der Waals surface area contributed by atoms with Gasteiger partial charge in [-0.3, -0.25) is 0 Å². The van der Waals surface area contributed by atoms with Crippen molar-refractivity contribution in [3.8, 4) is 0 Å². The molecule has 1 aromatic carbocycles. The fraction of sp³-hybridized carbons (Fsp3) is 0.200. The van der Waals surface area contributed by atoms with E-state index in [0.717, 1.165) is 23.6 Å². The number of nitrogens with one attached hydrogen (secondary N) is 1. The van der Waals surface area contributed by atoms with E-state index in [1.807, 2.05) is 34.9 Å². The van der Waals surface area contributed by atoms with E-state index in [2.05, 4.69) is 34.8 Å². The molecule has 2 aromatic rings. The maximum absolute atomic E-state index is 10.9. The number of carbonyl (C=O) groups excluding carboxylic acids is 1. The minimum Gasteiger partial charge on any atom is -0.350 e. The van der Waals surface area contributed by atoms with Crippen LogP contribution in [-0.4, -0.2) is 23.2 Å². The summed E-state index contributed by atoms with van der Waals surface area (Å²) >= 11 is 5.60. The van der Waals surface area contributed by atoms with Gasteiger partial charge in [0.05, 0.1) is 10.6 Å². The van der Waals surface area contributed by atoms with Crippen molar-refractivity contribution in [1.82, 2.24) is 5.43 Å². The van der Waals surface area contributed by atoms with Crippen LogP contribution in [0.25, 0.3) is 15.0 Å². The molecule has 0 aliphatic carbocycles. The quantitative estimate of drug-likeness (QED) is 0.769. The Kier molecular flexibility index (Phi) is 3.63. The van der Waals surface area contributed by atoms with Gasteiger partial charge in [0.15, 0.2) is 0 Å². The van der Waals surface area contributed by atoms with E-state index in [1.54, 1.807) is 0 Å². The molecule has 0 spiro atoms. The summed E-state index contributed by atoms with van der Waals surface area (Å²) in [6.45, 7) is 0. The second-order valence-electron chi connectivity index (χ2n) is 4.99. The van der Waals surface area contributed by atoms with Crippen LogP contribution in [0.3, 0.4) is 0 Å². The van der Waals surface area contributed by atoms with Crippen molar-refractivity contribution in [2.75, 3.05) is 11.5 Å². The lowest BCUT2D eigenvalue weighted by Crippen LogP contribution is -2.27. The molecule has 4 rings (SSSR count). The van der Waals surface area contributed by atoms with Crippen LogP contribution in [0.5, 0.6) is 0 Å². The molecule has 2 aliphatic rings. The van der Waals surface area contributed by atoms with Crippen LogP contribution in [0.15, 0.2) is 39.8 Å². The third kappa shape index (κ3) is 2.33. The van der Waals surface area contributed by atoms with Gasteiger partial charge in [0.1, 0.15) is 0 Å². The topological polar surface area (TPSA) is 67.5 Å². The number of hydrogen-bond donors (Lipinski definition) is 2. The van der Waals surface area contributed by atoms with Crippen LogP contribution in [-0.2, 0) is 0 Å². The number of primary amides is 1. The molecule has 0 saturated heterocycles. The van der Waals surface area contributed by atoms with Crippen molar-refractivity contribution >= 4 is 61.6 Å². The van der Waals surface area contributed by atoms with Crippen molar-refractivity contribution in [3.63, 3.8) is 0 Å². The first kappa shape index (κ1) is 14.2. The van der Waals surface area contributed by atoms with Crippen molar-refractivity contribution in [2.24, 2.45) is 10.8 Å². The minimum atomic E-state index is -0.612. The minimum absolute atomic E-state index is 0.612. The number of fused-ring (bicyclic) bond motifs is 4. The predicted octanol–water partition coefficient (Wildman–Crippen LogP) is 3.88. The average molecular weight is 347 g/mol. The summed E-state index contributed by atoms with van der Waals surface area (Å²) in [5.74, 6) is 1.88. The number of thiophene rings is 1. The molecule has 22 heavy (non-hydrogen) atoms. The Morgan fingerprint density at radius 3 is 3.00 bits per heavy atom. The Bertz CT molecular complexity index is 838. The first-order valence-electron chi connectivity index (χ1n) is 6.87. The van der Waals surface area contributed by atoms with Gasteiger partial charge in [-0.2, -0.15) is 5.10 Å². The van der Waals surface area contributed by atoms with Gasteiger partial charge in [0.2, 0.25) is 0 Å². The number of hydrazone groups is 1. The van der Waals surface area contributed by atoms with Crippen LogP contribution in [0.2, 0.25) is 0 Å². The smallest absolute Gasteiger partial charge is 0.332 e. The highest BCUT2D eigenvalue weighted by atomic mass is 32.2. The first-order chi connectivity index (χ1) is 10.7. The number of hydrogen-bond acceptors (Lipinski definition) is 5. The molecule has 0 saturated carbocycles. The molecule has 0 fully saturated rings. The third-order valence-electron chi connectivity index (χ3n) is 3.63. The van der Waals surface area contributed by atoms with Crippen LogP contribution in [0.1, 0.15) is 11.3 Å². The Morgan fingerprint density at radius 1 is 1.27 bits per heavy atom. The van der Waals surface area contributed by atoms with Crippen molar-refractivity contribution < 1.29 is 4.79 Å². The maximum Gasteiger partial charge on any atom is 0.332 e. The molecule has 2 amide bonds. The number of rotatable bonds is 1. The van der Waals surface area contributed by atoms with Gasteiger partial charge in [-0.25, -0.2) is 10.2 Å². The van der Waals surface area contributed by atoms with Gasteiger partial charge in [0.25, 0.3) is 0 Å². The van der Waals surface area contributed by atoms with Crippen molar-refractivity contribution in [3.05, 3.63) is 34.7 Å². The van der Waals surface area contributed by atoms with E-state index in [0.29, 0.717) is 0 Å². The molecule has 0 radical (unpaired) electrons. The molecule has 112 valence electrons. The summed E-state index contributed by atoms with van der Waals surface area (Å²) in [6, 6.07) is 7.94. The van der Waals surface area contributed by atoms with Gasteiger partial charge < -0.3 is 5.73 Å². The largest absolute Gasteiger partial charge is 0.350 e. The SMILES string of the molecule is NC(=O)N/N=C1/CCSC2=C1CSc1c2sc2ccccc12. The zero-order valence-electron chi connectivity index (χ0n) is 11.6. The van der Waals surface area contributed by atoms with Crippen LogP contribution >= 0.6 is 34.9 Å². The van der Waals surface area contributed by atoms with Crippen LogP contribution < -0.4 is 11.2 Å². The zero-order valence-corrected chi connectivity index (χ0v) is 14.0. The predicted molar refractivity (Wildman–Crippen MR) is 96.7 cm³/mol. The van der Waals surface area contributed by atoms with E-state index in [1.165, 1.54) is 30.3 Å². The molecule has 3 N–H and O–H groups in total. The molecule has 0 bridgehead atoms. The van der Waals surface area contributed by atoms with Gasteiger partial charge in [-0.05, 0) is 6.07 Å². The molecule has 0 atom stereocenters. The number of benzene rings is 1. The van der Waals surface area contributed by atoms with Gasteiger partial charge in [0, 0.05) is 43.4 Å². The summed E-state index contributed by atoms with van der Waals surface area (Å²) in [6.07, 6.45) is 0.866. The van der Waals surface area contributed by atoms with E-state index >= 15 is 0 Å². The Hall–Kier alpha value is -1.44. The molecule has 1 aromatic heterocycles. The molecule has 2 aliphatic heterocycles. The fourth-order valence-corrected chi connectivity index (χ4v) is 6.83. The second-order valence-corrected chi connectivity index (χ2v) is 8.13. The molecule has 3 heterocycles. The summed E-state index contributed by atoms with van der Waals surface area (Å²) in [7, 11) is 0. The van der Waals surface area contributed by atoms with E-state index in [-0.39, 0.29) is 0 Å². The summed E-state index contributed by atoms with van der Waals surface area (Å²) in [5, 5.41) is 5.55. The maximum atomic E-state index is 10.9. The summed E-state index contributed by atoms with van der Waals surface area (Å²) in [4.78, 5) is 15.0. The Morgan fingerprint density at radius 2 is 2.14 bits per heavy atom. The third-order valence-corrected chi connectivity index (χ3v) is 7.37. The number of thioether (sulfide) groups is 2. The lowest BCUT2D eigenvalue weighted by molar-refractivity contribution is 0.249. The van der Waals surface area contributed by atoms with Crippen molar-refractivity contribution in [2.45, 2.75) is 11.3 Å². The van der Waals surface area contributed by atoms with E-state index in [4.69, 9.17) is 5.73 Å². The lowest BCUT2D eigenvalue weighted by atomic mass is 10.1. The monoisotopic (exact) mass is 347 g/mol. The van der Waals surface area contributed by atoms with Crippen LogP contribution in [0, 0.1) is 0 Å². The number of carbonyl (C=O) groups is 1. The Balaban J connectivity index is 1.84. The molecular weight excluding hydrogens is 334 g/mol. The summed E-state index contributed by atoms with van der Waals surface area (Å²) < 4.78 is 1.33. The lowest BCUT2D eigenvalue weighted by Gasteiger charge is -2.25. The van der Waals surface area contributed by atoms with E-state index in [9.17, 15) is 4.79 Å². The normalized spacial score (nSPS) is 19.2. The first-order valence-corrected chi connectivity index (χ1v) is 9.66. The number of nitrogens with zero attached hydrogens (tertiary/aromatic N) is 1. The number of amides is 2. The molecule has 4 nitrogen and oxygen atoms in total. The van der Waals surface area contributed by atoms with Gasteiger partial charge in [-0.15, -0.1) is 34.9 Å². The number of nitrogens with two attached hydrogens (primary N) is 1. The summed E-state index contributed by atoms with van der Waals surface area (Å²) in [5.41, 5.74) is 9.71. The number of urea groups is 1. The highest BCUT2D eigenvalue weighted by Gasteiger charge is 2.29. The molecular formula is C15H13N3OS3. The second kappa shape index (κ2) is 5.64. The van der Waals surface area contributed by atoms with Crippen molar-refractivity contribution in [1.29, 1.82) is 0 Å². The van der Waals surface area contributed by atoms with Gasteiger partial charge >= 0.3 is 6.03 Å². The molecule has 0 unspecified atom stereocenters. The van der Waals surface area contributed by atoms with Gasteiger partial charge in [-0.1, -0.05) is 18.2 Å². The van der Waals surface area contributed by atoms with Crippen LogP contribution in [0.4, 0.5) is 4.79 Å². The average Bonchev–Trinajstić information content (AvgIpc) is 2.91. The molecule has 7 heteroatoms. The zero-order chi connectivity index (χ0) is 15.1. The highest BCUT2D eigenvalue weighted by molar-refractivity contribution is 8.09. The fourth-order valence-electron chi connectivity index (χ4n) is 2.68.